The molecule has 4 heteroatoms. The van der Waals surface area contributed by atoms with Gasteiger partial charge in [0.1, 0.15) is 17.3 Å². The number of likely N-dealkylation sites (N-methyl/N-ethyl adjacent to an activating group) is 1. The molecule has 3 nitrogen and oxygen atoms in total. The molecule has 0 bridgehead atoms. The second-order valence-electron chi connectivity index (χ2n) is 4.78. The molecule has 0 saturated heterocycles. The molecule has 1 N–H and O–H groups in total. The molecule has 0 amide bonds. The first-order chi connectivity index (χ1) is 10.2. The van der Waals surface area contributed by atoms with Gasteiger partial charge in [-0.05, 0) is 49.4 Å². The van der Waals surface area contributed by atoms with Crippen molar-refractivity contribution < 1.29 is 13.9 Å². The van der Waals surface area contributed by atoms with E-state index < -0.39 is 0 Å². The van der Waals surface area contributed by atoms with E-state index in [9.17, 15) is 4.39 Å². The van der Waals surface area contributed by atoms with Crippen LogP contribution in [0.4, 0.5) is 4.39 Å². The molecule has 112 valence electrons. The fourth-order valence-electron chi connectivity index (χ4n) is 2.34. The number of halogens is 1. The minimum absolute atomic E-state index is 0.0560. The molecule has 21 heavy (non-hydrogen) atoms. The highest BCUT2D eigenvalue weighted by Gasteiger charge is 2.16. The van der Waals surface area contributed by atoms with Gasteiger partial charge in [-0.25, -0.2) is 4.39 Å². The van der Waals surface area contributed by atoms with E-state index in [1.54, 1.807) is 26.4 Å². The Balaban J connectivity index is 2.29. The fraction of sp³-hybridized carbons (Fsp3) is 0.294. The average Bonchev–Trinajstić information content (AvgIpc) is 2.53. The van der Waals surface area contributed by atoms with Gasteiger partial charge in [0, 0.05) is 11.6 Å². The summed E-state index contributed by atoms with van der Waals surface area (Å²) < 4.78 is 23.7. The Kier molecular flexibility index (Phi) is 5.17. The monoisotopic (exact) mass is 289 g/mol. The lowest BCUT2D eigenvalue weighted by Crippen LogP contribution is -2.19. The van der Waals surface area contributed by atoms with Gasteiger partial charge in [-0.3, -0.25) is 0 Å². The summed E-state index contributed by atoms with van der Waals surface area (Å²) in [5.74, 6) is 1.36. The third-order valence-electron chi connectivity index (χ3n) is 3.51. The highest BCUT2D eigenvalue weighted by Crippen LogP contribution is 2.31. The van der Waals surface area contributed by atoms with Crippen molar-refractivity contribution in [1.29, 1.82) is 0 Å². The third kappa shape index (κ3) is 3.73. The normalized spacial score (nSPS) is 12.0. The van der Waals surface area contributed by atoms with E-state index in [4.69, 9.17) is 9.47 Å². The Bertz CT molecular complexity index is 584. The summed E-state index contributed by atoms with van der Waals surface area (Å²) in [6.07, 6.45) is 0.736. The van der Waals surface area contributed by atoms with Crippen LogP contribution >= 0.6 is 0 Å². The van der Waals surface area contributed by atoms with Gasteiger partial charge >= 0.3 is 0 Å². The van der Waals surface area contributed by atoms with E-state index in [-0.39, 0.29) is 11.9 Å². The number of methoxy groups -OCH3 is 2. The molecular formula is C17H20FNO2. The van der Waals surface area contributed by atoms with Gasteiger partial charge in [-0.2, -0.15) is 0 Å². The Hall–Kier alpha value is -2.07. The van der Waals surface area contributed by atoms with Crippen LogP contribution in [0, 0.1) is 5.82 Å². The van der Waals surface area contributed by atoms with Gasteiger partial charge in [-0.15, -0.1) is 0 Å². The van der Waals surface area contributed by atoms with E-state index in [1.807, 2.05) is 25.2 Å². The van der Waals surface area contributed by atoms with Crippen molar-refractivity contribution in [3.05, 3.63) is 59.4 Å². The minimum Gasteiger partial charge on any atom is -0.497 e. The van der Waals surface area contributed by atoms with Crippen molar-refractivity contribution in [3.8, 4) is 11.5 Å². The maximum Gasteiger partial charge on any atom is 0.123 e. The van der Waals surface area contributed by atoms with E-state index >= 15 is 0 Å². The molecular weight excluding hydrogens is 269 g/mol. The lowest BCUT2D eigenvalue weighted by molar-refractivity contribution is 0.391. The minimum atomic E-state index is -0.223. The maximum absolute atomic E-state index is 13.0. The van der Waals surface area contributed by atoms with Crippen LogP contribution in [0.3, 0.4) is 0 Å². The quantitative estimate of drug-likeness (QED) is 0.884. The number of hydrogen-bond donors (Lipinski definition) is 1. The first-order valence-corrected chi connectivity index (χ1v) is 6.81. The first kappa shape index (κ1) is 15.3. The number of nitrogens with one attached hydrogen (secondary N) is 1. The first-order valence-electron chi connectivity index (χ1n) is 6.81. The zero-order chi connectivity index (χ0) is 15.2. The molecule has 0 saturated carbocycles. The molecule has 2 aromatic rings. The van der Waals surface area contributed by atoms with Crippen LogP contribution in [0.2, 0.25) is 0 Å². The summed E-state index contributed by atoms with van der Waals surface area (Å²) in [5, 5.41) is 3.28. The molecule has 0 fully saturated rings. The molecule has 0 aliphatic rings. The Morgan fingerprint density at radius 1 is 1.05 bits per heavy atom. The van der Waals surface area contributed by atoms with Gasteiger partial charge < -0.3 is 14.8 Å². The summed E-state index contributed by atoms with van der Waals surface area (Å²) in [4.78, 5) is 0. The predicted molar refractivity (Wildman–Crippen MR) is 81.5 cm³/mol. The van der Waals surface area contributed by atoms with Crippen molar-refractivity contribution >= 4 is 0 Å². The van der Waals surface area contributed by atoms with Crippen LogP contribution in [0.25, 0.3) is 0 Å². The van der Waals surface area contributed by atoms with Crippen molar-refractivity contribution in [2.24, 2.45) is 0 Å². The smallest absolute Gasteiger partial charge is 0.123 e. The molecule has 0 heterocycles. The van der Waals surface area contributed by atoms with Gasteiger partial charge in [-0.1, -0.05) is 12.1 Å². The zero-order valence-electron chi connectivity index (χ0n) is 12.5. The lowest BCUT2D eigenvalue weighted by Gasteiger charge is -2.20. The molecule has 0 radical (unpaired) electrons. The Labute approximate surface area is 124 Å². The summed E-state index contributed by atoms with van der Waals surface area (Å²) in [6, 6.07) is 12.3. The van der Waals surface area contributed by atoms with E-state index in [1.165, 1.54) is 12.1 Å². The van der Waals surface area contributed by atoms with Crippen molar-refractivity contribution in [1.82, 2.24) is 5.32 Å². The summed E-state index contributed by atoms with van der Waals surface area (Å²) in [7, 11) is 5.18. The standard InChI is InChI=1S/C17H20FNO2/c1-19-16(10-12-4-6-13(18)7-5-12)15-11-14(20-2)8-9-17(15)21-3/h4-9,11,16,19H,10H2,1-3H3. The Morgan fingerprint density at radius 2 is 1.76 bits per heavy atom. The SMILES string of the molecule is CNC(Cc1ccc(F)cc1)c1cc(OC)ccc1OC. The second kappa shape index (κ2) is 7.09. The molecule has 0 aliphatic heterocycles. The van der Waals surface area contributed by atoms with Gasteiger partial charge in [0.2, 0.25) is 0 Å². The number of ether oxygens (including phenoxy) is 2. The molecule has 2 aromatic carbocycles. The second-order valence-corrected chi connectivity index (χ2v) is 4.78. The van der Waals surface area contributed by atoms with Crippen molar-refractivity contribution in [2.45, 2.75) is 12.5 Å². The van der Waals surface area contributed by atoms with Crippen LogP contribution in [-0.2, 0) is 6.42 Å². The molecule has 1 atom stereocenters. The number of rotatable bonds is 6. The molecule has 1 unspecified atom stereocenters. The van der Waals surface area contributed by atoms with Crippen LogP contribution in [-0.4, -0.2) is 21.3 Å². The summed E-state index contributed by atoms with van der Waals surface area (Å²) in [5.41, 5.74) is 2.07. The zero-order valence-corrected chi connectivity index (χ0v) is 12.5. The van der Waals surface area contributed by atoms with E-state index in [2.05, 4.69) is 5.32 Å². The van der Waals surface area contributed by atoms with Crippen molar-refractivity contribution in [2.75, 3.05) is 21.3 Å². The maximum atomic E-state index is 13.0. The van der Waals surface area contributed by atoms with Crippen LogP contribution in [0.15, 0.2) is 42.5 Å². The Morgan fingerprint density at radius 3 is 2.33 bits per heavy atom. The number of benzene rings is 2. The summed E-state index contributed by atoms with van der Waals surface area (Å²) >= 11 is 0. The molecule has 0 spiro atoms. The lowest BCUT2D eigenvalue weighted by atomic mass is 9.98. The van der Waals surface area contributed by atoms with Gasteiger partial charge in [0.25, 0.3) is 0 Å². The van der Waals surface area contributed by atoms with Crippen LogP contribution < -0.4 is 14.8 Å². The predicted octanol–water partition coefficient (Wildman–Crippen LogP) is 3.35. The molecule has 0 aliphatic carbocycles. The van der Waals surface area contributed by atoms with Gasteiger partial charge in [0.05, 0.1) is 14.2 Å². The fourth-order valence-corrected chi connectivity index (χ4v) is 2.34. The van der Waals surface area contributed by atoms with E-state index in [0.29, 0.717) is 0 Å². The number of hydrogen-bond acceptors (Lipinski definition) is 3. The highest BCUT2D eigenvalue weighted by molar-refractivity contribution is 5.43. The topological polar surface area (TPSA) is 30.5 Å². The molecule has 2 rings (SSSR count). The molecule has 0 aromatic heterocycles. The van der Waals surface area contributed by atoms with Crippen molar-refractivity contribution in [3.63, 3.8) is 0 Å². The van der Waals surface area contributed by atoms with Crippen LogP contribution in [0.5, 0.6) is 11.5 Å². The van der Waals surface area contributed by atoms with E-state index in [0.717, 1.165) is 29.0 Å². The average molecular weight is 289 g/mol. The highest BCUT2D eigenvalue weighted by atomic mass is 19.1. The van der Waals surface area contributed by atoms with Gasteiger partial charge in [0.15, 0.2) is 0 Å². The third-order valence-corrected chi connectivity index (χ3v) is 3.51. The van der Waals surface area contributed by atoms with Crippen LogP contribution in [0.1, 0.15) is 17.2 Å². The largest absolute Gasteiger partial charge is 0.497 e. The summed E-state index contributed by atoms with van der Waals surface area (Å²) in [6.45, 7) is 0.